The second kappa shape index (κ2) is 7.57. The first kappa shape index (κ1) is 17.4. The van der Waals surface area contributed by atoms with Crippen LogP contribution in [-0.4, -0.2) is 60.7 Å². The zero-order valence-electron chi connectivity index (χ0n) is 14.8. The van der Waals surface area contributed by atoms with E-state index in [1.165, 1.54) is 6.42 Å². The second-order valence-electron chi connectivity index (χ2n) is 7.19. The average Bonchev–Trinajstić information content (AvgIpc) is 2.94. The van der Waals surface area contributed by atoms with E-state index in [1.807, 2.05) is 6.20 Å². The van der Waals surface area contributed by atoms with Crippen LogP contribution >= 0.6 is 0 Å². The van der Waals surface area contributed by atoms with Crippen LogP contribution in [0.4, 0.5) is 0 Å². The van der Waals surface area contributed by atoms with Crippen LogP contribution in [0.25, 0.3) is 0 Å². The minimum atomic E-state index is 0.0239. The number of nitrogens with zero attached hydrogens (tertiary/aromatic N) is 3. The van der Waals surface area contributed by atoms with E-state index in [1.54, 1.807) is 7.11 Å². The lowest BCUT2D eigenvalue weighted by atomic mass is 9.94. The van der Waals surface area contributed by atoms with Crippen molar-refractivity contribution in [3.8, 4) is 0 Å². The van der Waals surface area contributed by atoms with Crippen molar-refractivity contribution in [3.05, 3.63) is 17.8 Å². The third kappa shape index (κ3) is 4.54. The monoisotopic (exact) mass is 309 g/mol. The first-order valence-corrected chi connectivity index (χ1v) is 8.34. The summed E-state index contributed by atoms with van der Waals surface area (Å²) in [5, 5.41) is 0. The van der Waals surface area contributed by atoms with E-state index in [0.29, 0.717) is 6.04 Å². The van der Waals surface area contributed by atoms with Crippen molar-refractivity contribution >= 4 is 0 Å². The lowest BCUT2D eigenvalue weighted by molar-refractivity contribution is 0.0428. The molecule has 5 nitrogen and oxygen atoms in total. The molecule has 0 aromatic carbocycles. The molecule has 0 aliphatic carbocycles. The van der Waals surface area contributed by atoms with Crippen molar-refractivity contribution in [1.29, 1.82) is 0 Å². The maximum atomic E-state index is 5.93. The quantitative estimate of drug-likeness (QED) is 0.807. The summed E-state index contributed by atoms with van der Waals surface area (Å²) >= 11 is 0. The van der Waals surface area contributed by atoms with Crippen LogP contribution in [0.5, 0.6) is 0 Å². The molecule has 0 bridgehead atoms. The molecule has 1 aliphatic rings. The number of piperazine rings is 1. The van der Waals surface area contributed by atoms with Crippen LogP contribution < -0.4 is 0 Å². The predicted molar refractivity (Wildman–Crippen MR) is 88.0 cm³/mol. The van der Waals surface area contributed by atoms with Gasteiger partial charge in [0.1, 0.15) is 5.76 Å². The lowest BCUT2D eigenvalue weighted by Gasteiger charge is -2.40. The van der Waals surface area contributed by atoms with Gasteiger partial charge < -0.3 is 9.15 Å². The van der Waals surface area contributed by atoms with Crippen molar-refractivity contribution in [3.63, 3.8) is 0 Å². The molecular weight excluding hydrogens is 278 g/mol. The van der Waals surface area contributed by atoms with Crippen LogP contribution in [-0.2, 0) is 16.7 Å². The van der Waals surface area contributed by atoms with Gasteiger partial charge in [-0.3, -0.25) is 9.80 Å². The fourth-order valence-corrected chi connectivity index (χ4v) is 2.91. The maximum Gasteiger partial charge on any atom is 0.208 e. The van der Waals surface area contributed by atoms with Gasteiger partial charge in [-0.25, -0.2) is 4.98 Å². The molecule has 1 fully saturated rings. The van der Waals surface area contributed by atoms with Gasteiger partial charge in [-0.05, 0) is 6.42 Å². The molecule has 0 saturated carbocycles. The first-order chi connectivity index (χ1) is 10.4. The molecule has 0 unspecified atom stereocenters. The normalized spacial score (nSPS) is 21.4. The molecule has 22 heavy (non-hydrogen) atoms. The SMILES string of the molecule is CC[C@@H]1CN(Cc2ncc(C(C)(C)C)o2)CCN1CCOC. The summed E-state index contributed by atoms with van der Waals surface area (Å²) < 4.78 is 11.1. The Bertz CT molecular complexity index is 453. The van der Waals surface area contributed by atoms with Crippen molar-refractivity contribution in [1.82, 2.24) is 14.8 Å². The molecule has 126 valence electrons. The molecule has 1 aromatic heterocycles. The Kier molecular flexibility index (Phi) is 6.01. The van der Waals surface area contributed by atoms with E-state index in [-0.39, 0.29) is 5.41 Å². The smallest absolute Gasteiger partial charge is 0.208 e. The molecular formula is C17H31N3O2. The molecule has 1 atom stereocenters. The van der Waals surface area contributed by atoms with E-state index in [9.17, 15) is 0 Å². The molecule has 2 rings (SSSR count). The van der Waals surface area contributed by atoms with E-state index in [0.717, 1.165) is 51.0 Å². The third-order valence-corrected chi connectivity index (χ3v) is 4.39. The standard InChI is InChI=1S/C17H31N3O2/c1-6-14-12-19(7-8-20(14)9-10-21-5)13-16-18-11-15(22-16)17(2,3)4/h11,14H,6-10,12-13H2,1-5H3/t14-/m1/s1. The van der Waals surface area contributed by atoms with Crippen molar-refractivity contribution in [2.24, 2.45) is 0 Å². The zero-order valence-corrected chi connectivity index (χ0v) is 14.8. The molecule has 1 aromatic rings. The highest BCUT2D eigenvalue weighted by Crippen LogP contribution is 2.23. The molecule has 5 heteroatoms. The summed E-state index contributed by atoms with van der Waals surface area (Å²) in [5.41, 5.74) is 0.0239. The summed E-state index contributed by atoms with van der Waals surface area (Å²) in [6, 6.07) is 0.598. The molecule has 0 amide bonds. The Morgan fingerprint density at radius 1 is 1.36 bits per heavy atom. The maximum absolute atomic E-state index is 5.93. The van der Waals surface area contributed by atoms with E-state index in [2.05, 4.69) is 42.5 Å². The number of oxazole rings is 1. The largest absolute Gasteiger partial charge is 0.444 e. The van der Waals surface area contributed by atoms with Crippen molar-refractivity contribution in [2.75, 3.05) is 39.9 Å². The molecule has 0 N–H and O–H groups in total. The number of aromatic nitrogens is 1. The number of ether oxygens (including phenoxy) is 1. The number of rotatable bonds is 6. The van der Waals surface area contributed by atoms with Crippen LogP contribution in [0.15, 0.2) is 10.6 Å². The highest BCUT2D eigenvalue weighted by molar-refractivity contribution is 5.06. The average molecular weight is 309 g/mol. The van der Waals surface area contributed by atoms with Gasteiger partial charge in [-0.2, -0.15) is 0 Å². The summed E-state index contributed by atoms with van der Waals surface area (Å²) in [5.74, 6) is 1.80. The van der Waals surface area contributed by atoms with Crippen LogP contribution in [0, 0.1) is 0 Å². The predicted octanol–water partition coefficient (Wildman–Crippen LogP) is 2.51. The minimum absolute atomic E-state index is 0.0239. The van der Waals surface area contributed by atoms with Gasteiger partial charge in [0.05, 0.1) is 19.3 Å². The van der Waals surface area contributed by atoms with Crippen LogP contribution in [0.3, 0.4) is 0 Å². The van der Waals surface area contributed by atoms with Crippen molar-refractivity contribution < 1.29 is 9.15 Å². The molecule has 0 spiro atoms. The second-order valence-corrected chi connectivity index (χ2v) is 7.19. The Balaban J connectivity index is 1.90. The Morgan fingerprint density at radius 2 is 2.14 bits per heavy atom. The first-order valence-electron chi connectivity index (χ1n) is 8.34. The molecule has 1 saturated heterocycles. The summed E-state index contributed by atoms with van der Waals surface area (Å²) in [7, 11) is 1.77. The van der Waals surface area contributed by atoms with Gasteiger partial charge >= 0.3 is 0 Å². The Morgan fingerprint density at radius 3 is 2.73 bits per heavy atom. The topological polar surface area (TPSA) is 41.7 Å². The fraction of sp³-hybridized carbons (Fsp3) is 0.824. The van der Waals surface area contributed by atoms with Gasteiger partial charge in [-0.15, -0.1) is 0 Å². The van der Waals surface area contributed by atoms with Crippen LogP contribution in [0.1, 0.15) is 45.8 Å². The van der Waals surface area contributed by atoms with Gasteiger partial charge in [-0.1, -0.05) is 27.7 Å². The van der Waals surface area contributed by atoms with E-state index in [4.69, 9.17) is 9.15 Å². The Labute approximate surface area is 134 Å². The Hall–Kier alpha value is -0.910. The van der Waals surface area contributed by atoms with E-state index < -0.39 is 0 Å². The minimum Gasteiger partial charge on any atom is -0.444 e. The van der Waals surface area contributed by atoms with Gasteiger partial charge in [0.2, 0.25) is 5.89 Å². The van der Waals surface area contributed by atoms with Crippen LogP contribution in [0.2, 0.25) is 0 Å². The highest BCUT2D eigenvalue weighted by atomic mass is 16.5. The van der Waals surface area contributed by atoms with E-state index >= 15 is 0 Å². The number of methoxy groups -OCH3 is 1. The zero-order chi connectivity index (χ0) is 16.2. The van der Waals surface area contributed by atoms with Gasteiger partial charge in [0.15, 0.2) is 0 Å². The summed E-state index contributed by atoms with van der Waals surface area (Å²) in [6.45, 7) is 14.6. The fourth-order valence-electron chi connectivity index (χ4n) is 2.91. The number of hydrogen-bond acceptors (Lipinski definition) is 5. The third-order valence-electron chi connectivity index (χ3n) is 4.39. The lowest BCUT2D eigenvalue weighted by Crippen LogP contribution is -2.53. The highest BCUT2D eigenvalue weighted by Gasteiger charge is 2.27. The molecule has 1 aliphatic heterocycles. The van der Waals surface area contributed by atoms with Crippen molar-refractivity contribution in [2.45, 2.75) is 52.1 Å². The molecule has 2 heterocycles. The van der Waals surface area contributed by atoms with Gasteiger partial charge in [0.25, 0.3) is 0 Å². The van der Waals surface area contributed by atoms with Gasteiger partial charge in [0, 0.05) is 44.7 Å². The number of hydrogen-bond donors (Lipinski definition) is 0. The summed E-state index contributed by atoms with van der Waals surface area (Å²) in [6.07, 6.45) is 3.04. The summed E-state index contributed by atoms with van der Waals surface area (Å²) in [4.78, 5) is 9.45. The molecule has 0 radical (unpaired) electrons.